The first kappa shape index (κ1) is 12.4. The molecule has 0 amide bonds. The third kappa shape index (κ3) is 3.20. The minimum Gasteiger partial charge on any atom is -0.379 e. The molecule has 0 bridgehead atoms. The fraction of sp³-hybridized carbons (Fsp3) is 0.500. The average Bonchev–Trinajstić information content (AvgIpc) is 2.56. The molecular formula is C12H14F3NO. The summed E-state index contributed by atoms with van der Waals surface area (Å²) in [5.74, 6) is 0. The Hall–Kier alpha value is -1.07. The van der Waals surface area contributed by atoms with Crippen molar-refractivity contribution >= 4 is 0 Å². The van der Waals surface area contributed by atoms with Crippen LogP contribution < -0.4 is 5.32 Å². The maximum Gasteiger partial charge on any atom is 0.416 e. The topological polar surface area (TPSA) is 21.3 Å². The van der Waals surface area contributed by atoms with Gasteiger partial charge in [-0.15, -0.1) is 0 Å². The molecule has 1 heterocycles. The van der Waals surface area contributed by atoms with Crippen molar-refractivity contribution in [3.63, 3.8) is 0 Å². The zero-order valence-electron chi connectivity index (χ0n) is 9.26. The van der Waals surface area contributed by atoms with Crippen LogP contribution >= 0.6 is 0 Å². The monoisotopic (exact) mass is 245 g/mol. The smallest absolute Gasteiger partial charge is 0.379 e. The second-order valence-corrected chi connectivity index (χ2v) is 4.05. The summed E-state index contributed by atoms with van der Waals surface area (Å²) < 4.78 is 42.5. The molecule has 1 unspecified atom stereocenters. The van der Waals surface area contributed by atoms with Gasteiger partial charge in [0.05, 0.1) is 18.2 Å². The predicted octanol–water partition coefficient (Wildman–Crippen LogP) is 2.76. The van der Waals surface area contributed by atoms with Crippen molar-refractivity contribution in [2.45, 2.75) is 18.6 Å². The van der Waals surface area contributed by atoms with Crippen molar-refractivity contribution in [1.82, 2.24) is 5.32 Å². The summed E-state index contributed by atoms with van der Waals surface area (Å²) in [4.78, 5) is 0. The molecule has 1 atom stereocenters. The first-order chi connectivity index (χ1) is 8.07. The maximum absolute atomic E-state index is 12.4. The molecule has 17 heavy (non-hydrogen) atoms. The van der Waals surface area contributed by atoms with Crippen LogP contribution in [0.2, 0.25) is 0 Å². The number of rotatable bonds is 1. The molecule has 1 aromatic rings. The van der Waals surface area contributed by atoms with Crippen molar-refractivity contribution in [1.29, 1.82) is 0 Å². The van der Waals surface area contributed by atoms with E-state index in [-0.39, 0.29) is 6.04 Å². The van der Waals surface area contributed by atoms with E-state index in [4.69, 9.17) is 4.74 Å². The predicted molar refractivity (Wildman–Crippen MR) is 57.6 cm³/mol. The largest absolute Gasteiger partial charge is 0.416 e. The summed E-state index contributed by atoms with van der Waals surface area (Å²) in [5.41, 5.74) is 0.218. The van der Waals surface area contributed by atoms with Gasteiger partial charge in [0.1, 0.15) is 0 Å². The second kappa shape index (κ2) is 5.06. The van der Waals surface area contributed by atoms with Crippen molar-refractivity contribution < 1.29 is 17.9 Å². The van der Waals surface area contributed by atoms with Crippen LogP contribution in [0.5, 0.6) is 0 Å². The summed E-state index contributed by atoms with van der Waals surface area (Å²) in [6.45, 7) is 2.03. The van der Waals surface area contributed by atoms with Gasteiger partial charge < -0.3 is 10.1 Å². The molecule has 1 N–H and O–H groups in total. The van der Waals surface area contributed by atoms with Crippen molar-refractivity contribution in [3.05, 3.63) is 35.4 Å². The molecule has 1 saturated heterocycles. The number of hydrogen-bond acceptors (Lipinski definition) is 2. The molecule has 1 fully saturated rings. The van der Waals surface area contributed by atoms with Crippen LogP contribution in [0.15, 0.2) is 24.3 Å². The number of benzene rings is 1. The highest BCUT2D eigenvalue weighted by molar-refractivity contribution is 5.27. The van der Waals surface area contributed by atoms with E-state index in [1.807, 2.05) is 0 Å². The molecule has 0 spiro atoms. The molecule has 2 rings (SSSR count). The quantitative estimate of drug-likeness (QED) is 0.821. The fourth-order valence-electron chi connectivity index (χ4n) is 1.83. The van der Waals surface area contributed by atoms with Crippen molar-refractivity contribution in [3.8, 4) is 0 Å². The van der Waals surface area contributed by atoms with Crippen LogP contribution in [-0.4, -0.2) is 19.8 Å². The van der Waals surface area contributed by atoms with Gasteiger partial charge in [-0.25, -0.2) is 0 Å². The Labute approximate surface area is 97.8 Å². The molecule has 0 saturated carbocycles. The van der Waals surface area contributed by atoms with Crippen molar-refractivity contribution in [2.75, 3.05) is 19.8 Å². The van der Waals surface area contributed by atoms with Gasteiger partial charge in [-0.2, -0.15) is 13.2 Å². The molecule has 1 aromatic carbocycles. The van der Waals surface area contributed by atoms with E-state index in [1.54, 1.807) is 0 Å². The molecule has 94 valence electrons. The zero-order chi connectivity index (χ0) is 12.3. The van der Waals surface area contributed by atoms with E-state index in [9.17, 15) is 13.2 Å². The molecule has 0 aliphatic carbocycles. The number of halogens is 3. The molecule has 0 radical (unpaired) electrons. The van der Waals surface area contributed by atoms with Crippen LogP contribution in [0, 0.1) is 0 Å². The Morgan fingerprint density at radius 2 is 1.88 bits per heavy atom. The summed E-state index contributed by atoms with van der Waals surface area (Å²) in [6.07, 6.45) is -3.34. The van der Waals surface area contributed by atoms with E-state index in [0.29, 0.717) is 13.2 Å². The third-order valence-corrected chi connectivity index (χ3v) is 2.78. The van der Waals surface area contributed by atoms with E-state index in [1.165, 1.54) is 12.1 Å². The highest BCUT2D eigenvalue weighted by Crippen LogP contribution is 2.30. The highest BCUT2D eigenvalue weighted by atomic mass is 19.4. The minimum absolute atomic E-state index is 0.0141. The van der Waals surface area contributed by atoms with E-state index in [0.717, 1.165) is 30.7 Å². The van der Waals surface area contributed by atoms with Crippen LogP contribution in [0.4, 0.5) is 13.2 Å². The molecule has 1 aliphatic heterocycles. The number of hydrogen-bond donors (Lipinski definition) is 1. The maximum atomic E-state index is 12.4. The Morgan fingerprint density at radius 3 is 2.53 bits per heavy atom. The Bertz CT molecular complexity index is 353. The first-order valence-corrected chi connectivity index (χ1v) is 5.55. The average molecular weight is 245 g/mol. The van der Waals surface area contributed by atoms with Crippen LogP contribution in [0.3, 0.4) is 0 Å². The summed E-state index contributed by atoms with van der Waals surface area (Å²) in [7, 11) is 0. The summed E-state index contributed by atoms with van der Waals surface area (Å²) in [5, 5.41) is 3.25. The Balaban J connectivity index is 2.11. The van der Waals surface area contributed by atoms with Gasteiger partial charge in [0, 0.05) is 6.61 Å². The van der Waals surface area contributed by atoms with Crippen LogP contribution in [-0.2, 0) is 10.9 Å². The normalized spacial score (nSPS) is 22.2. The molecule has 0 aromatic heterocycles. The van der Waals surface area contributed by atoms with Crippen LogP contribution in [0.25, 0.3) is 0 Å². The van der Waals surface area contributed by atoms with Gasteiger partial charge >= 0.3 is 6.18 Å². The lowest BCUT2D eigenvalue weighted by atomic mass is 10.1. The summed E-state index contributed by atoms with van der Waals surface area (Å²) in [6, 6.07) is 5.23. The number of ether oxygens (including phenoxy) is 1. The van der Waals surface area contributed by atoms with E-state index < -0.39 is 11.7 Å². The highest BCUT2D eigenvalue weighted by Gasteiger charge is 2.30. The lowest BCUT2D eigenvalue weighted by Gasteiger charge is -2.16. The van der Waals surface area contributed by atoms with Gasteiger partial charge in [0.2, 0.25) is 0 Å². The first-order valence-electron chi connectivity index (χ1n) is 5.55. The number of nitrogens with one attached hydrogen (secondary N) is 1. The van der Waals surface area contributed by atoms with Gasteiger partial charge in [-0.1, -0.05) is 12.1 Å². The molecule has 1 aliphatic rings. The standard InChI is InChI=1S/C12H14F3NO/c13-12(14,15)10-4-2-9(3-5-10)11-8-17-7-1-6-16-11/h2-5,11,16H,1,6-8H2. The lowest BCUT2D eigenvalue weighted by molar-refractivity contribution is -0.137. The fourth-order valence-corrected chi connectivity index (χ4v) is 1.83. The second-order valence-electron chi connectivity index (χ2n) is 4.05. The van der Waals surface area contributed by atoms with Crippen LogP contribution in [0.1, 0.15) is 23.6 Å². The zero-order valence-corrected chi connectivity index (χ0v) is 9.26. The lowest BCUT2D eigenvalue weighted by Crippen LogP contribution is -2.23. The van der Waals surface area contributed by atoms with Gasteiger partial charge in [0.25, 0.3) is 0 Å². The van der Waals surface area contributed by atoms with Crippen molar-refractivity contribution in [2.24, 2.45) is 0 Å². The minimum atomic E-state index is -4.27. The number of alkyl halides is 3. The Kier molecular flexibility index (Phi) is 3.69. The third-order valence-electron chi connectivity index (χ3n) is 2.78. The van der Waals surface area contributed by atoms with Gasteiger partial charge in [-0.05, 0) is 30.7 Å². The molecule has 5 heteroatoms. The Morgan fingerprint density at radius 1 is 1.18 bits per heavy atom. The van der Waals surface area contributed by atoms with Gasteiger partial charge in [-0.3, -0.25) is 0 Å². The summed E-state index contributed by atoms with van der Waals surface area (Å²) >= 11 is 0. The van der Waals surface area contributed by atoms with E-state index >= 15 is 0 Å². The molecular weight excluding hydrogens is 231 g/mol. The van der Waals surface area contributed by atoms with Gasteiger partial charge in [0.15, 0.2) is 0 Å². The van der Waals surface area contributed by atoms with E-state index in [2.05, 4.69) is 5.32 Å². The molecule has 2 nitrogen and oxygen atoms in total. The SMILES string of the molecule is FC(F)(F)c1ccc(C2COCCCN2)cc1.